The molecule has 2 heterocycles. The van der Waals surface area contributed by atoms with Crippen molar-refractivity contribution in [3.63, 3.8) is 0 Å². The minimum absolute atomic E-state index is 0.0230. The average molecular weight is 416 g/mol. The number of ether oxygens (including phenoxy) is 1. The van der Waals surface area contributed by atoms with Crippen molar-refractivity contribution < 1.29 is 18.4 Å². The first kappa shape index (κ1) is 19.4. The molecule has 4 rings (SSSR count). The van der Waals surface area contributed by atoms with E-state index in [1.165, 1.54) is 17.0 Å². The molecule has 1 fully saturated rings. The van der Waals surface area contributed by atoms with Crippen molar-refractivity contribution in [1.29, 1.82) is 0 Å². The van der Waals surface area contributed by atoms with Crippen LogP contribution in [0, 0.1) is 5.82 Å². The Balaban J connectivity index is 1.50. The lowest BCUT2D eigenvalue weighted by atomic mass is 10.1. The highest BCUT2D eigenvalue weighted by Crippen LogP contribution is 2.34. The van der Waals surface area contributed by atoms with Gasteiger partial charge in [0.2, 0.25) is 17.6 Å². The fourth-order valence-corrected chi connectivity index (χ4v) is 3.41. The number of hydrogen-bond donors (Lipinski definition) is 0. The van der Waals surface area contributed by atoms with E-state index in [9.17, 15) is 9.18 Å². The third-order valence-corrected chi connectivity index (χ3v) is 5.02. The normalized spacial score (nSPS) is 16.4. The van der Waals surface area contributed by atoms with E-state index in [2.05, 4.69) is 10.1 Å². The number of benzene rings is 2. The number of rotatable bonds is 6. The molecule has 0 N–H and O–H groups in total. The third-order valence-electron chi connectivity index (χ3n) is 4.72. The molecule has 1 aromatic heterocycles. The lowest BCUT2D eigenvalue weighted by molar-refractivity contribution is -0.117. The quantitative estimate of drug-likeness (QED) is 0.576. The molecule has 6 nitrogen and oxygen atoms in total. The molecular formula is C21H19ClFN3O3. The minimum atomic E-state index is -0.611. The molecular weight excluding hydrogens is 397 g/mol. The molecule has 0 spiro atoms. The zero-order valence-electron chi connectivity index (χ0n) is 15.8. The number of amides is 1. The molecule has 1 unspecified atom stereocenters. The summed E-state index contributed by atoms with van der Waals surface area (Å²) in [4.78, 5) is 18.2. The van der Waals surface area contributed by atoms with Crippen LogP contribution >= 0.6 is 11.6 Å². The van der Waals surface area contributed by atoms with Crippen LogP contribution in [-0.2, 0) is 4.79 Å². The van der Waals surface area contributed by atoms with E-state index >= 15 is 0 Å². The maximum Gasteiger partial charge on any atom is 0.232 e. The molecule has 0 bridgehead atoms. The van der Waals surface area contributed by atoms with Gasteiger partial charge in [0.05, 0.1) is 23.2 Å². The minimum Gasteiger partial charge on any atom is -0.494 e. The summed E-state index contributed by atoms with van der Waals surface area (Å²) in [6, 6.07) is 12.0. The summed E-state index contributed by atoms with van der Waals surface area (Å²) in [5.41, 5.74) is 0.943. The summed E-state index contributed by atoms with van der Waals surface area (Å²) in [7, 11) is 0. The van der Waals surface area contributed by atoms with E-state index in [0.29, 0.717) is 18.3 Å². The highest BCUT2D eigenvalue weighted by molar-refractivity contribution is 6.31. The predicted molar refractivity (Wildman–Crippen MR) is 107 cm³/mol. The summed E-state index contributed by atoms with van der Waals surface area (Å²) >= 11 is 5.84. The number of nitrogens with zero attached hydrogens (tertiary/aromatic N) is 3. The van der Waals surface area contributed by atoms with Gasteiger partial charge in [-0.05, 0) is 42.8 Å². The highest BCUT2D eigenvalue weighted by Gasteiger charge is 2.36. The topological polar surface area (TPSA) is 68.5 Å². The van der Waals surface area contributed by atoms with Crippen LogP contribution in [-0.4, -0.2) is 29.2 Å². The molecule has 150 valence electrons. The van der Waals surface area contributed by atoms with Crippen LogP contribution in [0.4, 0.5) is 10.1 Å². The first-order chi connectivity index (χ1) is 14.1. The van der Waals surface area contributed by atoms with Crippen LogP contribution in [0.5, 0.6) is 5.75 Å². The van der Waals surface area contributed by atoms with Crippen LogP contribution in [0.15, 0.2) is 47.0 Å². The van der Waals surface area contributed by atoms with Gasteiger partial charge in [0.25, 0.3) is 0 Å². The Morgan fingerprint density at radius 2 is 2.07 bits per heavy atom. The number of aromatic nitrogens is 2. The second kappa shape index (κ2) is 8.21. The van der Waals surface area contributed by atoms with Gasteiger partial charge in [-0.1, -0.05) is 29.7 Å². The Bertz CT molecular complexity index is 1020. The van der Waals surface area contributed by atoms with E-state index < -0.39 is 5.82 Å². The van der Waals surface area contributed by atoms with Crippen LogP contribution in [0.3, 0.4) is 0 Å². The van der Waals surface area contributed by atoms with E-state index in [1.807, 2.05) is 31.2 Å². The molecule has 2 aromatic carbocycles. The van der Waals surface area contributed by atoms with Gasteiger partial charge < -0.3 is 14.2 Å². The molecule has 0 saturated carbocycles. The number of carbonyl (C=O) groups excluding carboxylic acids is 1. The number of anilines is 1. The van der Waals surface area contributed by atoms with Crippen molar-refractivity contribution in [3.05, 3.63) is 59.2 Å². The molecule has 1 amide bonds. The second-order valence-corrected chi connectivity index (χ2v) is 7.21. The highest BCUT2D eigenvalue weighted by atomic mass is 35.5. The fraction of sp³-hybridized carbons (Fsp3) is 0.286. The molecule has 1 saturated heterocycles. The van der Waals surface area contributed by atoms with Crippen LogP contribution in [0.25, 0.3) is 11.4 Å². The van der Waals surface area contributed by atoms with Gasteiger partial charge in [0, 0.05) is 18.5 Å². The smallest absolute Gasteiger partial charge is 0.232 e. The Morgan fingerprint density at radius 1 is 1.28 bits per heavy atom. The number of hydrogen-bond acceptors (Lipinski definition) is 5. The monoisotopic (exact) mass is 415 g/mol. The zero-order chi connectivity index (χ0) is 20.4. The van der Waals surface area contributed by atoms with Crippen LogP contribution in [0.2, 0.25) is 5.02 Å². The Hall–Kier alpha value is -2.93. The number of carbonyl (C=O) groups is 1. The summed E-state index contributed by atoms with van der Waals surface area (Å²) in [6.45, 7) is 2.96. The fourth-order valence-electron chi connectivity index (χ4n) is 3.25. The van der Waals surface area contributed by atoms with Gasteiger partial charge in [0.15, 0.2) is 5.82 Å². The Labute approximate surface area is 172 Å². The average Bonchev–Trinajstić information content (AvgIpc) is 3.36. The van der Waals surface area contributed by atoms with E-state index in [4.69, 9.17) is 20.9 Å². The molecule has 3 aromatic rings. The maximum atomic E-state index is 14.3. The first-order valence-electron chi connectivity index (χ1n) is 9.38. The van der Waals surface area contributed by atoms with Crippen molar-refractivity contribution in [1.82, 2.24) is 10.1 Å². The standard InChI is InChI=1S/C21H19ClFN3O3/c1-2-10-28-15-8-6-13(7-9-15)20-24-21(29-25-20)14-11-18(27)26(12-14)17-5-3-4-16(22)19(17)23/h3-9,14H,2,10-12H2,1H3. The lowest BCUT2D eigenvalue weighted by Gasteiger charge is -2.17. The summed E-state index contributed by atoms with van der Waals surface area (Å²) in [5, 5.41) is 4.00. The van der Waals surface area contributed by atoms with Crippen molar-refractivity contribution >= 4 is 23.2 Å². The summed E-state index contributed by atoms with van der Waals surface area (Å²) in [5.74, 6) is 0.425. The Morgan fingerprint density at radius 3 is 2.83 bits per heavy atom. The molecule has 0 radical (unpaired) electrons. The molecule has 8 heteroatoms. The summed E-state index contributed by atoms with van der Waals surface area (Å²) < 4.78 is 25.3. The van der Waals surface area contributed by atoms with Gasteiger partial charge in [0.1, 0.15) is 5.75 Å². The van der Waals surface area contributed by atoms with Crippen LogP contribution < -0.4 is 9.64 Å². The maximum absolute atomic E-state index is 14.3. The van der Waals surface area contributed by atoms with Gasteiger partial charge in [-0.25, -0.2) is 4.39 Å². The molecule has 1 aliphatic rings. The summed E-state index contributed by atoms with van der Waals surface area (Å²) in [6.07, 6.45) is 1.10. The van der Waals surface area contributed by atoms with Gasteiger partial charge in [-0.2, -0.15) is 4.98 Å². The van der Waals surface area contributed by atoms with Crippen molar-refractivity contribution in [2.75, 3.05) is 18.1 Å². The zero-order valence-corrected chi connectivity index (χ0v) is 16.5. The first-order valence-corrected chi connectivity index (χ1v) is 9.76. The van der Waals surface area contributed by atoms with Crippen molar-refractivity contribution in [2.45, 2.75) is 25.7 Å². The van der Waals surface area contributed by atoms with Crippen LogP contribution in [0.1, 0.15) is 31.6 Å². The number of halogens is 2. The molecule has 0 aliphatic carbocycles. The third kappa shape index (κ3) is 3.96. The predicted octanol–water partition coefficient (Wildman–Crippen LogP) is 4.84. The van der Waals surface area contributed by atoms with E-state index in [0.717, 1.165) is 17.7 Å². The van der Waals surface area contributed by atoms with Gasteiger partial charge in [-0.3, -0.25) is 4.79 Å². The largest absolute Gasteiger partial charge is 0.494 e. The molecule has 1 aliphatic heterocycles. The second-order valence-electron chi connectivity index (χ2n) is 6.81. The lowest BCUT2D eigenvalue weighted by Crippen LogP contribution is -2.25. The van der Waals surface area contributed by atoms with Crippen molar-refractivity contribution in [2.24, 2.45) is 0 Å². The van der Waals surface area contributed by atoms with Gasteiger partial charge in [-0.15, -0.1) is 0 Å². The van der Waals surface area contributed by atoms with Gasteiger partial charge >= 0.3 is 0 Å². The van der Waals surface area contributed by atoms with E-state index in [-0.39, 0.29) is 35.5 Å². The Kier molecular flexibility index (Phi) is 5.49. The van der Waals surface area contributed by atoms with Crippen molar-refractivity contribution in [3.8, 4) is 17.1 Å². The molecule has 29 heavy (non-hydrogen) atoms. The SMILES string of the molecule is CCCOc1ccc(-c2noc(C3CC(=O)N(c4cccc(Cl)c4F)C3)n2)cc1. The molecule has 1 atom stereocenters. The van der Waals surface area contributed by atoms with E-state index in [1.54, 1.807) is 6.07 Å².